The molecular formula is C19H17N3O2S2. The Hall–Kier alpha value is -2.51. The van der Waals surface area contributed by atoms with Crippen molar-refractivity contribution in [1.82, 2.24) is 15.2 Å². The van der Waals surface area contributed by atoms with Gasteiger partial charge in [-0.25, -0.2) is 9.78 Å². The number of benzene rings is 1. The second-order valence-corrected chi connectivity index (χ2v) is 8.11. The summed E-state index contributed by atoms with van der Waals surface area (Å²) in [6.07, 6.45) is 0. The highest BCUT2D eigenvalue weighted by Crippen LogP contribution is 2.31. The van der Waals surface area contributed by atoms with Gasteiger partial charge in [0.15, 0.2) is 0 Å². The van der Waals surface area contributed by atoms with Crippen molar-refractivity contribution in [3.05, 3.63) is 63.3 Å². The smallest absolute Gasteiger partial charge is 0.319 e. The summed E-state index contributed by atoms with van der Waals surface area (Å²) >= 11 is 3.13. The number of nitrogens with zero attached hydrogens (tertiary/aromatic N) is 2. The summed E-state index contributed by atoms with van der Waals surface area (Å²) in [4.78, 5) is 31.2. The number of thiazole rings is 1. The van der Waals surface area contributed by atoms with E-state index in [0.717, 1.165) is 21.7 Å². The third-order valence-electron chi connectivity index (χ3n) is 4.54. The summed E-state index contributed by atoms with van der Waals surface area (Å²) in [6.45, 7) is 3.91. The van der Waals surface area contributed by atoms with E-state index in [1.807, 2.05) is 53.4 Å². The summed E-state index contributed by atoms with van der Waals surface area (Å²) < 4.78 is 0. The summed E-state index contributed by atoms with van der Waals surface area (Å²) in [6, 6.07) is 9.27. The predicted molar refractivity (Wildman–Crippen MR) is 103 cm³/mol. The largest absolute Gasteiger partial charge is 0.325 e. The first-order chi connectivity index (χ1) is 12.5. The monoisotopic (exact) mass is 383 g/mol. The molecule has 1 aliphatic heterocycles. The Morgan fingerprint density at radius 2 is 1.92 bits per heavy atom. The molecule has 1 N–H and O–H groups in total. The van der Waals surface area contributed by atoms with Crippen molar-refractivity contribution in [1.29, 1.82) is 0 Å². The molecule has 3 amide bonds. The number of nitrogens with one attached hydrogen (secondary N) is 1. The van der Waals surface area contributed by atoms with Crippen LogP contribution in [0.2, 0.25) is 0 Å². The van der Waals surface area contributed by atoms with Crippen LogP contribution in [0.5, 0.6) is 0 Å². The van der Waals surface area contributed by atoms with E-state index in [9.17, 15) is 9.59 Å². The van der Waals surface area contributed by atoms with E-state index < -0.39 is 5.54 Å². The van der Waals surface area contributed by atoms with Gasteiger partial charge in [-0.2, -0.15) is 11.3 Å². The number of imide groups is 1. The zero-order valence-electron chi connectivity index (χ0n) is 14.4. The third-order valence-corrected chi connectivity index (χ3v) is 6.17. The molecule has 1 atom stereocenters. The zero-order chi connectivity index (χ0) is 18.3. The quantitative estimate of drug-likeness (QED) is 0.689. The van der Waals surface area contributed by atoms with Crippen molar-refractivity contribution in [3.63, 3.8) is 0 Å². The Morgan fingerprint density at radius 3 is 2.62 bits per heavy atom. The first-order valence-electron chi connectivity index (χ1n) is 8.15. The number of carbonyl (C=O) groups excluding carboxylic acids is 2. The van der Waals surface area contributed by atoms with E-state index in [2.05, 4.69) is 10.3 Å². The van der Waals surface area contributed by atoms with Crippen LogP contribution in [0.1, 0.15) is 23.7 Å². The minimum Gasteiger partial charge on any atom is -0.319 e. The molecule has 0 unspecified atom stereocenters. The van der Waals surface area contributed by atoms with Gasteiger partial charge in [-0.1, -0.05) is 29.8 Å². The maximum atomic E-state index is 13.0. The van der Waals surface area contributed by atoms with Crippen LogP contribution in [0.25, 0.3) is 10.6 Å². The second-order valence-electron chi connectivity index (χ2n) is 6.47. The molecule has 1 aliphatic rings. The lowest BCUT2D eigenvalue weighted by Gasteiger charge is -2.22. The Kier molecular flexibility index (Phi) is 4.13. The van der Waals surface area contributed by atoms with Gasteiger partial charge in [0.25, 0.3) is 5.91 Å². The number of hydrogen-bond acceptors (Lipinski definition) is 5. The van der Waals surface area contributed by atoms with Gasteiger partial charge in [0, 0.05) is 16.3 Å². The van der Waals surface area contributed by atoms with Crippen molar-refractivity contribution in [2.24, 2.45) is 0 Å². The van der Waals surface area contributed by atoms with Crippen LogP contribution in [0, 0.1) is 6.92 Å². The minimum atomic E-state index is -1.04. The summed E-state index contributed by atoms with van der Waals surface area (Å²) in [7, 11) is 0. The molecule has 4 rings (SSSR count). The molecule has 0 aliphatic carbocycles. The SMILES string of the molecule is Cc1ccc([C@@]2(C)NC(=O)N(Cc3csc(-c4ccsc4)n3)C2=O)cc1. The Labute approximate surface area is 159 Å². The Balaban J connectivity index is 1.57. The van der Waals surface area contributed by atoms with Crippen LogP contribution >= 0.6 is 22.7 Å². The molecule has 0 radical (unpaired) electrons. The molecule has 1 fully saturated rings. The number of aromatic nitrogens is 1. The third kappa shape index (κ3) is 2.83. The van der Waals surface area contributed by atoms with Gasteiger partial charge in [0.2, 0.25) is 0 Å². The molecular weight excluding hydrogens is 366 g/mol. The molecule has 2 aromatic heterocycles. The number of rotatable bonds is 4. The lowest BCUT2D eigenvalue weighted by Crippen LogP contribution is -2.40. The van der Waals surface area contributed by atoms with Crippen molar-refractivity contribution in [2.45, 2.75) is 25.9 Å². The number of carbonyl (C=O) groups is 2. The fourth-order valence-corrected chi connectivity index (χ4v) is 4.51. The predicted octanol–water partition coefficient (Wildman–Crippen LogP) is 4.15. The topological polar surface area (TPSA) is 62.3 Å². The molecule has 1 aromatic carbocycles. The van der Waals surface area contributed by atoms with Gasteiger partial charge in [-0.3, -0.25) is 9.69 Å². The van der Waals surface area contributed by atoms with Gasteiger partial charge < -0.3 is 5.32 Å². The van der Waals surface area contributed by atoms with Crippen molar-refractivity contribution in [3.8, 4) is 10.6 Å². The van der Waals surface area contributed by atoms with E-state index in [-0.39, 0.29) is 18.5 Å². The minimum absolute atomic E-state index is 0.173. The van der Waals surface area contributed by atoms with Crippen molar-refractivity contribution in [2.75, 3.05) is 0 Å². The van der Waals surface area contributed by atoms with Gasteiger partial charge in [0.05, 0.1) is 12.2 Å². The summed E-state index contributed by atoms with van der Waals surface area (Å²) in [5, 5.41) is 9.66. The second kappa shape index (κ2) is 6.34. The zero-order valence-corrected chi connectivity index (χ0v) is 16.0. The highest BCUT2D eigenvalue weighted by Gasteiger charge is 2.49. The molecule has 26 heavy (non-hydrogen) atoms. The standard InChI is InChI=1S/C19H17N3O2S2/c1-12-3-5-14(6-4-12)19(2)17(23)22(18(24)21-19)9-15-11-26-16(20-15)13-7-8-25-10-13/h3-8,10-11H,9H2,1-2H3,(H,21,24)/t19-/m1/s1. The van der Waals surface area contributed by atoms with E-state index >= 15 is 0 Å². The van der Waals surface area contributed by atoms with Gasteiger partial charge in [0.1, 0.15) is 10.5 Å². The van der Waals surface area contributed by atoms with E-state index in [4.69, 9.17) is 0 Å². The maximum absolute atomic E-state index is 13.0. The van der Waals surface area contributed by atoms with Crippen LogP contribution in [0.15, 0.2) is 46.5 Å². The van der Waals surface area contributed by atoms with Gasteiger partial charge in [-0.15, -0.1) is 11.3 Å². The van der Waals surface area contributed by atoms with Crippen LogP contribution in [0.4, 0.5) is 4.79 Å². The number of thiophene rings is 1. The molecule has 3 aromatic rings. The van der Waals surface area contributed by atoms with E-state index in [1.165, 1.54) is 16.2 Å². The fraction of sp³-hybridized carbons (Fsp3) is 0.211. The molecule has 7 heteroatoms. The summed E-state index contributed by atoms with van der Waals surface area (Å²) in [5.41, 5.74) is 2.62. The highest BCUT2D eigenvalue weighted by atomic mass is 32.1. The Bertz CT molecular complexity index is 963. The summed E-state index contributed by atoms with van der Waals surface area (Å²) in [5.74, 6) is -0.253. The normalized spacial score (nSPS) is 19.8. The lowest BCUT2D eigenvalue weighted by atomic mass is 9.91. The molecule has 0 bridgehead atoms. The average Bonchev–Trinajstić information content (AvgIpc) is 3.34. The number of amides is 3. The maximum Gasteiger partial charge on any atom is 0.325 e. The lowest BCUT2D eigenvalue weighted by molar-refractivity contribution is -0.131. The molecule has 0 spiro atoms. The van der Waals surface area contributed by atoms with Gasteiger partial charge in [-0.05, 0) is 30.9 Å². The molecule has 0 saturated carbocycles. The molecule has 132 valence electrons. The molecule has 3 heterocycles. The first kappa shape index (κ1) is 16.9. The Morgan fingerprint density at radius 1 is 1.15 bits per heavy atom. The highest BCUT2D eigenvalue weighted by molar-refractivity contribution is 7.14. The van der Waals surface area contributed by atoms with Crippen molar-refractivity contribution >= 4 is 34.6 Å². The van der Waals surface area contributed by atoms with Gasteiger partial charge >= 0.3 is 6.03 Å². The number of aryl methyl sites for hydroxylation is 1. The fourth-order valence-electron chi connectivity index (χ4n) is 2.98. The average molecular weight is 383 g/mol. The van der Waals surface area contributed by atoms with E-state index in [1.54, 1.807) is 18.3 Å². The van der Waals surface area contributed by atoms with Crippen molar-refractivity contribution < 1.29 is 9.59 Å². The van der Waals surface area contributed by atoms with Crippen LogP contribution in [-0.4, -0.2) is 21.8 Å². The molecule has 5 nitrogen and oxygen atoms in total. The number of hydrogen-bond donors (Lipinski definition) is 1. The molecule has 1 saturated heterocycles. The van der Waals surface area contributed by atoms with Crippen LogP contribution in [-0.2, 0) is 16.9 Å². The van der Waals surface area contributed by atoms with Crippen LogP contribution < -0.4 is 5.32 Å². The van der Waals surface area contributed by atoms with Crippen LogP contribution in [0.3, 0.4) is 0 Å². The number of urea groups is 1. The van der Waals surface area contributed by atoms with E-state index in [0.29, 0.717) is 5.69 Å². The first-order valence-corrected chi connectivity index (χ1v) is 9.98.